The summed E-state index contributed by atoms with van der Waals surface area (Å²) >= 11 is 0. The van der Waals surface area contributed by atoms with Crippen molar-refractivity contribution in [2.45, 2.75) is 83.4 Å². The highest BCUT2D eigenvalue weighted by molar-refractivity contribution is 5.92. The molecule has 4 rings (SSSR count). The third-order valence-electron chi connectivity index (χ3n) is 6.98. The van der Waals surface area contributed by atoms with Gasteiger partial charge >= 0.3 is 5.97 Å². The molecule has 11 nitrogen and oxygen atoms in total. The second kappa shape index (κ2) is 10.6. The Balaban J connectivity index is 1.52. The molecule has 0 aromatic carbocycles. The zero-order valence-electron chi connectivity index (χ0n) is 21.2. The number of anilines is 2. The molecule has 3 N–H and O–H groups in total. The zero-order chi connectivity index (χ0) is 26.0. The molecule has 3 heterocycles. The number of hydrogen-bond donors (Lipinski definition) is 3. The fourth-order valence-electron chi connectivity index (χ4n) is 4.78. The lowest BCUT2D eigenvalue weighted by atomic mass is 9.87. The number of aliphatic hydroxyl groups excluding tert-OH is 1. The van der Waals surface area contributed by atoms with Crippen molar-refractivity contribution < 1.29 is 28.6 Å². The molecule has 2 aromatic heterocycles. The Hall–Kier alpha value is -2.86. The van der Waals surface area contributed by atoms with Crippen LogP contribution in [0.15, 0.2) is 6.33 Å². The first kappa shape index (κ1) is 26.2. The fraction of sp³-hybridized carbons (Fsp3) is 0.708. The molecular formula is C24H35FN6O5. The first-order valence-corrected chi connectivity index (χ1v) is 12.5. The number of nitrogens with one attached hydrogen (secondary N) is 2. The van der Waals surface area contributed by atoms with Crippen LogP contribution in [0.25, 0.3) is 11.2 Å². The number of esters is 1. The number of aromatic nitrogens is 4. The Labute approximate surface area is 209 Å². The van der Waals surface area contributed by atoms with Gasteiger partial charge < -0.3 is 19.9 Å². The van der Waals surface area contributed by atoms with E-state index in [0.29, 0.717) is 23.7 Å². The predicted molar refractivity (Wildman–Crippen MR) is 130 cm³/mol. The Kier molecular flexibility index (Phi) is 7.74. The molecular weight excluding hydrogens is 471 g/mol. The lowest BCUT2D eigenvalue weighted by molar-refractivity contribution is -0.151. The molecule has 4 atom stereocenters. The molecule has 1 unspecified atom stereocenters. The highest BCUT2D eigenvalue weighted by atomic mass is 19.1. The van der Waals surface area contributed by atoms with Crippen molar-refractivity contribution >= 4 is 34.8 Å². The van der Waals surface area contributed by atoms with Crippen LogP contribution < -0.4 is 10.6 Å². The van der Waals surface area contributed by atoms with Crippen LogP contribution >= 0.6 is 0 Å². The standard InChI is InChI=1S/C24H35FN6O5/c1-13(2)21(34)30-23-28-19(26-4)17-20(29-23)31(12-27-17)22-24(3,25)18(33)15(36-22)11-35-16(32)10-14-8-6-5-7-9-14/h12-15,18,22,33H,5-11H2,1-4H3,(H2,26,28,29,30,34)/t15-,18-,22?,24-/m1/s1. The van der Waals surface area contributed by atoms with E-state index in [1.807, 2.05) is 0 Å². The van der Waals surface area contributed by atoms with Crippen molar-refractivity contribution in [2.24, 2.45) is 11.8 Å². The summed E-state index contributed by atoms with van der Waals surface area (Å²) in [4.78, 5) is 37.5. The molecule has 198 valence electrons. The number of hydrogen-bond acceptors (Lipinski definition) is 9. The minimum absolute atomic E-state index is 0.0274. The zero-order valence-corrected chi connectivity index (χ0v) is 21.2. The summed E-state index contributed by atoms with van der Waals surface area (Å²) in [5, 5.41) is 16.2. The molecule has 2 fully saturated rings. The van der Waals surface area contributed by atoms with Crippen molar-refractivity contribution in [1.82, 2.24) is 19.5 Å². The fourth-order valence-corrected chi connectivity index (χ4v) is 4.78. The second-order valence-electron chi connectivity index (χ2n) is 10.1. The monoisotopic (exact) mass is 506 g/mol. The number of carbonyl (C=O) groups excluding carboxylic acids is 2. The number of imidazole rings is 1. The Morgan fingerprint density at radius 2 is 2.03 bits per heavy atom. The molecule has 0 bridgehead atoms. The smallest absolute Gasteiger partial charge is 0.306 e. The largest absolute Gasteiger partial charge is 0.463 e. The van der Waals surface area contributed by atoms with E-state index in [2.05, 4.69) is 25.6 Å². The summed E-state index contributed by atoms with van der Waals surface area (Å²) in [6.45, 7) is 4.43. The van der Waals surface area contributed by atoms with Crippen LogP contribution in [0.5, 0.6) is 0 Å². The number of carbonyl (C=O) groups is 2. The number of ether oxygens (including phenoxy) is 2. The molecule has 0 spiro atoms. The minimum atomic E-state index is -2.24. The summed E-state index contributed by atoms with van der Waals surface area (Å²) in [6.07, 6.45) is 3.19. The third kappa shape index (κ3) is 5.29. The van der Waals surface area contributed by atoms with E-state index in [-0.39, 0.29) is 36.0 Å². The van der Waals surface area contributed by atoms with Crippen LogP contribution in [-0.2, 0) is 19.1 Å². The predicted octanol–water partition coefficient (Wildman–Crippen LogP) is 2.96. The summed E-state index contributed by atoms with van der Waals surface area (Å²) in [5.74, 6) is -0.267. The van der Waals surface area contributed by atoms with Crippen LogP contribution in [0.1, 0.15) is 65.5 Å². The van der Waals surface area contributed by atoms with Crippen LogP contribution in [0.3, 0.4) is 0 Å². The SMILES string of the molecule is CNc1nc(NC(=O)C(C)C)nc2c1ncn2C1O[C@H](COC(=O)CC2CCCCC2)[C@@H](O)[C@@]1(C)F. The lowest BCUT2D eigenvalue weighted by Crippen LogP contribution is -2.41. The van der Waals surface area contributed by atoms with Gasteiger partial charge in [0.05, 0.1) is 6.33 Å². The molecule has 2 aromatic rings. The molecule has 1 aliphatic heterocycles. The first-order valence-electron chi connectivity index (χ1n) is 12.5. The van der Waals surface area contributed by atoms with Gasteiger partial charge in [-0.25, -0.2) is 9.37 Å². The maximum atomic E-state index is 15.8. The minimum Gasteiger partial charge on any atom is -0.463 e. The van der Waals surface area contributed by atoms with E-state index < -0.39 is 24.1 Å². The molecule has 1 amide bonds. The Bertz CT molecular complexity index is 1100. The topological polar surface area (TPSA) is 140 Å². The van der Waals surface area contributed by atoms with Gasteiger partial charge in [0, 0.05) is 19.4 Å². The average Bonchev–Trinajstić information content (AvgIpc) is 3.36. The lowest BCUT2D eigenvalue weighted by Gasteiger charge is -2.24. The van der Waals surface area contributed by atoms with Crippen LogP contribution in [0, 0.1) is 11.8 Å². The Morgan fingerprint density at radius 1 is 1.31 bits per heavy atom. The van der Waals surface area contributed by atoms with Gasteiger partial charge in [-0.05, 0) is 25.7 Å². The second-order valence-corrected chi connectivity index (χ2v) is 10.1. The van der Waals surface area contributed by atoms with Gasteiger partial charge in [-0.3, -0.25) is 19.5 Å². The highest BCUT2D eigenvalue weighted by Gasteiger charge is 2.55. The van der Waals surface area contributed by atoms with E-state index in [9.17, 15) is 14.7 Å². The summed E-state index contributed by atoms with van der Waals surface area (Å²) < 4.78 is 28.4. The molecule has 12 heteroatoms. The highest BCUT2D eigenvalue weighted by Crippen LogP contribution is 2.43. The normalized spacial score (nSPS) is 26.9. The van der Waals surface area contributed by atoms with Gasteiger partial charge in [-0.15, -0.1) is 0 Å². The first-order chi connectivity index (χ1) is 17.1. The van der Waals surface area contributed by atoms with E-state index >= 15 is 4.39 Å². The summed E-state index contributed by atoms with van der Waals surface area (Å²) in [7, 11) is 1.64. The number of fused-ring (bicyclic) bond motifs is 1. The number of amides is 1. The number of halogens is 1. The quantitative estimate of drug-likeness (QED) is 0.461. The van der Waals surface area contributed by atoms with Crippen LogP contribution in [0.4, 0.5) is 16.2 Å². The maximum absolute atomic E-state index is 15.8. The van der Waals surface area contributed by atoms with Crippen molar-refractivity contribution in [3.8, 4) is 0 Å². The van der Waals surface area contributed by atoms with Crippen LogP contribution in [-0.4, -0.2) is 68.0 Å². The maximum Gasteiger partial charge on any atom is 0.306 e. The molecule has 0 radical (unpaired) electrons. The molecule has 2 aliphatic rings. The molecule has 36 heavy (non-hydrogen) atoms. The van der Waals surface area contributed by atoms with Crippen molar-refractivity contribution in [3.05, 3.63) is 6.33 Å². The number of rotatable bonds is 8. The van der Waals surface area contributed by atoms with Gasteiger partial charge in [0.25, 0.3) is 0 Å². The third-order valence-corrected chi connectivity index (χ3v) is 6.98. The van der Waals surface area contributed by atoms with Gasteiger partial charge in [0.15, 0.2) is 28.9 Å². The van der Waals surface area contributed by atoms with E-state index in [1.165, 1.54) is 24.2 Å². The van der Waals surface area contributed by atoms with Crippen LogP contribution in [0.2, 0.25) is 0 Å². The molecule has 1 aliphatic carbocycles. The number of alkyl halides is 1. The van der Waals surface area contributed by atoms with Gasteiger partial charge in [-0.1, -0.05) is 33.1 Å². The van der Waals surface area contributed by atoms with Gasteiger partial charge in [0.2, 0.25) is 11.9 Å². The van der Waals surface area contributed by atoms with Crippen molar-refractivity contribution in [3.63, 3.8) is 0 Å². The summed E-state index contributed by atoms with van der Waals surface area (Å²) in [5.41, 5.74) is -1.68. The van der Waals surface area contributed by atoms with E-state index in [0.717, 1.165) is 25.7 Å². The van der Waals surface area contributed by atoms with Crippen molar-refractivity contribution in [2.75, 3.05) is 24.3 Å². The Morgan fingerprint density at radius 3 is 2.69 bits per heavy atom. The molecule has 1 saturated carbocycles. The number of nitrogens with zero attached hydrogens (tertiary/aromatic N) is 4. The molecule has 1 saturated heterocycles. The number of aliphatic hydroxyl groups is 1. The van der Waals surface area contributed by atoms with E-state index in [4.69, 9.17) is 9.47 Å². The van der Waals surface area contributed by atoms with Gasteiger partial charge in [0.1, 0.15) is 18.8 Å². The average molecular weight is 507 g/mol. The van der Waals surface area contributed by atoms with Gasteiger partial charge in [-0.2, -0.15) is 9.97 Å². The van der Waals surface area contributed by atoms with E-state index in [1.54, 1.807) is 20.9 Å². The van der Waals surface area contributed by atoms with Crippen molar-refractivity contribution in [1.29, 1.82) is 0 Å². The summed E-state index contributed by atoms with van der Waals surface area (Å²) in [6, 6.07) is 0.